The Hall–Kier alpha value is -2.40. The van der Waals surface area contributed by atoms with Crippen molar-refractivity contribution >= 4 is 34.9 Å². The summed E-state index contributed by atoms with van der Waals surface area (Å²) in [6.45, 7) is 0. The van der Waals surface area contributed by atoms with Gasteiger partial charge in [-0.3, -0.25) is 9.59 Å². The molecule has 0 radical (unpaired) electrons. The molecule has 5 heteroatoms. The van der Waals surface area contributed by atoms with Crippen LogP contribution in [0.3, 0.4) is 0 Å². The van der Waals surface area contributed by atoms with Gasteiger partial charge in [0.15, 0.2) is 0 Å². The van der Waals surface area contributed by atoms with Crippen LogP contribution in [0, 0.1) is 0 Å². The van der Waals surface area contributed by atoms with Gasteiger partial charge in [-0.15, -0.1) is 11.3 Å². The van der Waals surface area contributed by atoms with Crippen LogP contribution in [0.2, 0.25) is 0 Å². The normalized spacial score (nSPS) is 10.4. The van der Waals surface area contributed by atoms with E-state index in [9.17, 15) is 9.59 Å². The lowest BCUT2D eigenvalue weighted by Crippen LogP contribution is -2.17. The molecule has 2 N–H and O–H groups in total. The fourth-order valence-electron chi connectivity index (χ4n) is 1.58. The summed E-state index contributed by atoms with van der Waals surface area (Å²) in [7, 11) is 1.58. The van der Waals surface area contributed by atoms with E-state index in [2.05, 4.69) is 10.6 Å². The van der Waals surface area contributed by atoms with Crippen molar-refractivity contribution in [2.24, 2.45) is 0 Å². The van der Waals surface area contributed by atoms with Gasteiger partial charge in [-0.1, -0.05) is 6.07 Å². The number of nitrogens with one attached hydrogen (secondary N) is 2. The van der Waals surface area contributed by atoms with E-state index < -0.39 is 0 Å². The highest BCUT2D eigenvalue weighted by molar-refractivity contribution is 7.10. The highest BCUT2D eigenvalue weighted by Crippen LogP contribution is 2.12. The number of carbonyl (C=O) groups excluding carboxylic acids is 2. The van der Waals surface area contributed by atoms with Gasteiger partial charge in [0, 0.05) is 29.3 Å². The zero-order valence-corrected chi connectivity index (χ0v) is 11.7. The third-order valence-electron chi connectivity index (χ3n) is 2.58. The molecule has 0 aliphatic heterocycles. The minimum atomic E-state index is -0.203. The first kappa shape index (κ1) is 14.0. The van der Waals surface area contributed by atoms with E-state index in [4.69, 9.17) is 0 Å². The van der Waals surface area contributed by atoms with Crippen LogP contribution in [0.25, 0.3) is 6.08 Å². The summed E-state index contributed by atoms with van der Waals surface area (Å²) in [4.78, 5) is 24.1. The molecule has 1 heterocycles. The fraction of sp³-hybridized carbons (Fsp3) is 0.0667. The summed E-state index contributed by atoms with van der Waals surface area (Å²) in [5.74, 6) is -0.355. The van der Waals surface area contributed by atoms with Crippen LogP contribution in [0.4, 0.5) is 5.69 Å². The summed E-state index contributed by atoms with van der Waals surface area (Å²) in [6, 6.07) is 10.6. The molecule has 0 aliphatic rings. The highest BCUT2D eigenvalue weighted by Gasteiger charge is 2.03. The topological polar surface area (TPSA) is 58.2 Å². The van der Waals surface area contributed by atoms with Gasteiger partial charge in [-0.05, 0) is 41.8 Å². The Morgan fingerprint density at radius 2 is 1.90 bits per heavy atom. The molecule has 0 atom stereocenters. The molecule has 2 aromatic rings. The molecule has 102 valence electrons. The molecule has 2 rings (SSSR count). The van der Waals surface area contributed by atoms with Gasteiger partial charge in [0.2, 0.25) is 5.91 Å². The van der Waals surface area contributed by atoms with Crippen LogP contribution < -0.4 is 10.6 Å². The third-order valence-corrected chi connectivity index (χ3v) is 3.42. The third kappa shape index (κ3) is 3.80. The van der Waals surface area contributed by atoms with Gasteiger partial charge >= 0.3 is 0 Å². The standard InChI is InChI=1S/C15H14N2O2S/c1-16-15(19)11-4-6-12(7-5-11)17-14(18)9-8-13-3-2-10-20-13/h2-10H,1H3,(H,16,19)(H,17,18)/b9-8+. The number of anilines is 1. The van der Waals surface area contributed by atoms with E-state index in [1.54, 1.807) is 48.7 Å². The van der Waals surface area contributed by atoms with Crippen molar-refractivity contribution in [1.29, 1.82) is 0 Å². The van der Waals surface area contributed by atoms with E-state index >= 15 is 0 Å². The average Bonchev–Trinajstić information content (AvgIpc) is 2.98. The lowest BCUT2D eigenvalue weighted by Gasteiger charge is -2.03. The first-order valence-electron chi connectivity index (χ1n) is 6.04. The molecule has 1 aromatic carbocycles. The lowest BCUT2D eigenvalue weighted by atomic mass is 10.2. The number of amides is 2. The number of rotatable bonds is 4. The molecule has 4 nitrogen and oxygen atoms in total. The molecule has 0 saturated carbocycles. The first-order valence-corrected chi connectivity index (χ1v) is 6.92. The van der Waals surface area contributed by atoms with Crippen LogP contribution in [-0.2, 0) is 4.79 Å². The van der Waals surface area contributed by atoms with Crippen LogP contribution in [-0.4, -0.2) is 18.9 Å². The zero-order chi connectivity index (χ0) is 14.4. The second kappa shape index (κ2) is 6.68. The molecule has 2 amide bonds. The average molecular weight is 286 g/mol. The number of hydrogen-bond donors (Lipinski definition) is 2. The molecule has 0 unspecified atom stereocenters. The maximum atomic E-state index is 11.7. The molecule has 0 aliphatic carbocycles. The van der Waals surface area contributed by atoms with Crippen LogP contribution >= 0.6 is 11.3 Å². The van der Waals surface area contributed by atoms with Crippen molar-refractivity contribution in [3.8, 4) is 0 Å². The summed E-state index contributed by atoms with van der Waals surface area (Å²) in [5, 5.41) is 7.23. The van der Waals surface area contributed by atoms with E-state index in [0.29, 0.717) is 11.3 Å². The van der Waals surface area contributed by atoms with E-state index in [0.717, 1.165) is 4.88 Å². The van der Waals surface area contributed by atoms with Gasteiger partial charge in [0.1, 0.15) is 0 Å². The van der Waals surface area contributed by atoms with Crippen molar-refractivity contribution < 1.29 is 9.59 Å². The molecular weight excluding hydrogens is 272 g/mol. The second-order valence-corrected chi connectivity index (χ2v) is 4.97. The quantitative estimate of drug-likeness (QED) is 0.849. The summed E-state index contributed by atoms with van der Waals surface area (Å²) in [6.07, 6.45) is 3.25. The summed E-state index contributed by atoms with van der Waals surface area (Å²) in [5.41, 5.74) is 1.21. The fourth-order valence-corrected chi connectivity index (χ4v) is 2.20. The van der Waals surface area contributed by atoms with Crippen LogP contribution in [0.1, 0.15) is 15.2 Å². The predicted octanol–water partition coefficient (Wildman–Crippen LogP) is 2.76. The van der Waals surface area contributed by atoms with Gasteiger partial charge in [0.05, 0.1) is 0 Å². The zero-order valence-electron chi connectivity index (χ0n) is 10.9. The van der Waals surface area contributed by atoms with Gasteiger partial charge in [-0.2, -0.15) is 0 Å². The molecule has 0 spiro atoms. The Balaban J connectivity index is 1.96. The van der Waals surface area contributed by atoms with Crippen molar-refractivity contribution in [3.63, 3.8) is 0 Å². The SMILES string of the molecule is CNC(=O)c1ccc(NC(=O)/C=C/c2cccs2)cc1. The van der Waals surface area contributed by atoms with E-state index in [-0.39, 0.29) is 11.8 Å². The highest BCUT2D eigenvalue weighted by atomic mass is 32.1. The molecular formula is C15H14N2O2S. The van der Waals surface area contributed by atoms with Crippen molar-refractivity contribution in [2.45, 2.75) is 0 Å². The Morgan fingerprint density at radius 3 is 2.50 bits per heavy atom. The van der Waals surface area contributed by atoms with E-state index in [1.165, 1.54) is 6.08 Å². The van der Waals surface area contributed by atoms with Gasteiger partial charge < -0.3 is 10.6 Å². The Bertz CT molecular complexity index is 616. The smallest absolute Gasteiger partial charge is 0.251 e. The van der Waals surface area contributed by atoms with Crippen LogP contribution in [0.15, 0.2) is 47.9 Å². The molecule has 0 bridgehead atoms. The maximum absolute atomic E-state index is 11.7. The number of benzene rings is 1. The lowest BCUT2D eigenvalue weighted by molar-refractivity contribution is -0.111. The minimum absolute atomic E-state index is 0.152. The summed E-state index contributed by atoms with van der Waals surface area (Å²) >= 11 is 1.57. The van der Waals surface area contributed by atoms with Crippen LogP contribution in [0.5, 0.6) is 0 Å². The van der Waals surface area contributed by atoms with Gasteiger partial charge in [0.25, 0.3) is 5.91 Å². The Morgan fingerprint density at radius 1 is 1.15 bits per heavy atom. The Kier molecular flexibility index (Phi) is 4.68. The number of hydrogen-bond acceptors (Lipinski definition) is 3. The van der Waals surface area contributed by atoms with E-state index in [1.807, 2.05) is 17.5 Å². The van der Waals surface area contributed by atoms with Crippen molar-refractivity contribution in [1.82, 2.24) is 5.32 Å². The monoisotopic (exact) mass is 286 g/mol. The second-order valence-electron chi connectivity index (χ2n) is 3.99. The number of thiophene rings is 1. The predicted molar refractivity (Wildman–Crippen MR) is 81.8 cm³/mol. The first-order chi connectivity index (χ1) is 9.69. The maximum Gasteiger partial charge on any atom is 0.251 e. The van der Waals surface area contributed by atoms with Crippen molar-refractivity contribution in [2.75, 3.05) is 12.4 Å². The minimum Gasteiger partial charge on any atom is -0.355 e. The number of carbonyl (C=O) groups is 2. The molecule has 0 fully saturated rings. The Labute approximate surface area is 121 Å². The van der Waals surface area contributed by atoms with Crippen molar-refractivity contribution in [3.05, 3.63) is 58.3 Å². The summed E-state index contributed by atoms with van der Waals surface area (Å²) < 4.78 is 0. The molecule has 0 saturated heterocycles. The molecule has 20 heavy (non-hydrogen) atoms. The molecule has 1 aromatic heterocycles. The largest absolute Gasteiger partial charge is 0.355 e. The van der Waals surface area contributed by atoms with Gasteiger partial charge in [-0.25, -0.2) is 0 Å².